The van der Waals surface area contributed by atoms with Crippen LogP contribution in [-0.4, -0.2) is 30.6 Å². The van der Waals surface area contributed by atoms with Gasteiger partial charge in [0, 0.05) is 18.0 Å². The summed E-state index contributed by atoms with van der Waals surface area (Å²) >= 11 is 14.2. The van der Waals surface area contributed by atoms with Gasteiger partial charge in [-0.25, -0.2) is 0 Å². The molecule has 0 saturated carbocycles. The van der Waals surface area contributed by atoms with Gasteiger partial charge in [0.2, 0.25) is 0 Å². The first-order valence-corrected chi connectivity index (χ1v) is 10.2. The molecule has 0 radical (unpaired) electrons. The molecule has 2 nitrogen and oxygen atoms in total. The van der Waals surface area contributed by atoms with Gasteiger partial charge in [0.25, 0.3) is 0 Å². The van der Waals surface area contributed by atoms with Gasteiger partial charge in [-0.2, -0.15) is 11.3 Å². The van der Waals surface area contributed by atoms with Crippen molar-refractivity contribution in [1.82, 2.24) is 4.90 Å². The molecule has 0 amide bonds. The van der Waals surface area contributed by atoms with Crippen molar-refractivity contribution in [2.75, 3.05) is 13.7 Å². The van der Waals surface area contributed by atoms with Gasteiger partial charge in [-0.15, -0.1) is 0 Å². The molecule has 0 N–H and O–H groups in total. The van der Waals surface area contributed by atoms with Gasteiger partial charge in [-0.05, 0) is 66.8 Å². The van der Waals surface area contributed by atoms with Gasteiger partial charge in [0.05, 0.1) is 11.6 Å². The summed E-state index contributed by atoms with van der Waals surface area (Å²) in [6.45, 7) is 0.683. The van der Waals surface area contributed by atoms with Crippen LogP contribution in [0.5, 0.6) is 5.75 Å². The third-order valence-electron chi connectivity index (χ3n) is 5.75. The molecular formula is C19H21Cl2NOS. The molecule has 4 rings (SSSR count). The van der Waals surface area contributed by atoms with Crippen LogP contribution in [-0.2, 0) is 0 Å². The number of hydrogen-bond donors (Lipinski definition) is 0. The van der Waals surface area contributed by atoms with Crippen LogP contribution in [0, 0.1) is 5.92 Å². The zero-order valence-electron chi connectivity index (χ0n) is 13.6. The Balaban J connectivity index is 1.57. The number of fused-ring (bicyclic) bond motifs is 2. The Morgan fingerprint density at radius 1 is 1.25 bits per heavy atom. The Morgan fingerprint density at radius 3 is 2.92 bits per heavy atom. The molecule has 5 heteroatoms. The van der Waals surface area contributed by atoms with E-state index in [9.17, 15) is 0 Å². The molecule has 2 bridgehead atoms. The van der Waals surface area contributed by atoms with Crippen LogP contribution in [0.25, 0.3) is 0 Å². The normalized spacial score (nSPS) is 29.8. The zero-order valence-corrected chi connectivity index (χ0v) is 15.9. The maximum atomic E-state index is 6.29. The van der Waals surface area contributed by atoms with Crippen molar-refractivity contribution < 1.29 is 4.74 Å². The summed E-state index contributed by atoms with van der Waals surface area (Å²) in [6.07, 6.45) is 3.79. The van der Waals surface area contributed by atoms with Gasteiger partial charge >= 0.3 is 0 Å². The third-order valence-corrected chi connectivity index (χ3v) is 7.25. The Kier molecular flexibility index (Phi) is 4.79. The van der Waals surface area contributed by atoms with Crippen LogP contribution in [0.3, 0.4) is 0 Å². The molecule has 24 heavy (non-hydrogen) atoms. The Labute approximate surface area is 157 Å². The highest BCUT2D eigenvalue weighted by Crippen LogP contribution is 2.47. The first kappa shape index (κ1) is 16.7. The average Bonchev–Trinajstić information content (AvgIpc) is 3.17. The van der Waals surface area contributed by atoms with Crippen molar-refractivity contribution in [3.8, 4) is 5.75 Å². The highest BCUT2D eigenvalue weighted by atomic mass is 35.5. The van der Waals surface area contributed by atoms with Crippen LogP contribution >= 0.6 is 34.5 Å². The molecule has 3 heterocycles. The summed E-state index contributed by atoms with van der Waals surface area (Å²) in [5.41, 5.74) is 1.47. The topological polar surface area (TPSA) is 12.5 Å². The molecule has 1 aromatic heterocycles. The second kappa shape index (κ2) is 6.87. The van der Waals surface area contributed by atoms with Crippen LogP contribution in [0.2, 0.25) is 10.0 Å². The van der Waals surface area contributed by atoms with Gasteiger partial charge in [-0.3, -0.25) is 0 Å². The number of piperidine rings is 1. The van der Waals surface area contributed by atoms with E-state index in [1.807, 2.05) is 12.1 Å². The van der Waals surface area contributed by atoms with E-state index in [4.69, 9.17) is 27.9 Å². The van der Waals surface area contributed by atoms with Gasteiger partial charge < -0.3 is 9.64 Å². The predicted octanol–water partition coefficient (Wildman–Crippen LogP) is 5.70. The molecule has 4 atom stereocenters. The summed E-state index contributed by atoms with van der Waals surface area (Å²) in [7, 11) is 2.27. The summed E-state index contributed by atoms with van der Waals surface area (Å²) in [6, 6.07) is 9.16. The maximum absolute atomic E-state index is 6.29. The lowest BCUT2D eigenvalue weighted by molar-refractivity contribution is 0.0667. The van der Waals surface area contributed by atoms with Crippen LogP contribution < -0.4 is 4.74 Å². The smallest absolute Gasteiger partial charge is 0.139 e. The SMILES string of the molecule is CN1C2CCC1C(COc1cccc(Cl)c1Cl)C(c1ccsc1)C2. The predicted molar refractivity (Wildman–Crippen MR) is 102 cm³/mol. The lowest BCUT2D eigenvalue weighted by Crippen LogP contribution is -2.47. The molecule has 0 spiro atoms. The first-order chi connectivity index (χ1) is 11.6. The minimum Gasteiger partial charge on any atom is -0.492 e. The van der Waals surface area contributed by atoms with Gasteiger partial charge in [0.1, 0.15) is 10.8 Å². The lowest BCUT2D eigenvalue weighted by Gasteiger charge is -2.42. The van der Waals surface area contributed by atoms with Gasteiger partial charge in [-0.1, -0.05) is 29.3 Å². The van der Waals surface area contributed by atoms with Crippen molar-refractivity contribution in [1.29, 1.82) is 0 Å². The molecule has 2 saturated heterocycles. The highest BCUT2D eigenvalue weighted by Gasteiger charge is 2.46. The molecule has 2 aliphatic rings. The fraction of sp³-hybridized carbons (Fsp3) is 0.474. The summed E-state index contributed by atoms with van der Waals surface area (Å²) in [5.74, 6) is 1.75. The summed E-state index contributed by atoms with van der Waals surface area (Å²) < 4.78 is 6.14. The van der Waals surface area contributed by atoms with Crippen molar-refractivity contribution in [3.63, 3.8) is 0 Å². The number of hydrogen-bond acceptors (Lipinski definition) is 3. The monoisotopic (exact) mass is 381 g/mol. The third kappa shape index (κ3) is 2.96. The maximum Gasteiger partial charge on any atom is 0.139 e. The number of halogens is 2. The van der Waals surface area contributed by atoms with E-state index in [0.29, 0.717) is 46.3 Å². The van der Waals surface area contributed by atoms with E-state index >= 15 is 0 Å². The molecule has 1 aromatic carbocycles. The van der Waals surface area contributed by atoms with E-state index < -0.39 is 0 Å². The minimum absolute atomic E-state index is 0.485. The van der Waals surface area contributed by atoms with Crippen LogP contribution in [0.15, 0.2) is 35.0 Å². The first-order valence-electron chi connectivity index (χ1n) is 8.46. The number of benzene rings is 1. The van der Waals surface area contributed by atoms with E-state index in [-0.39, 0.29) is 0 Å². The van der Waals surface area contributed by atoms with Crippen molar-refractivity contribution in [2.45, 2.75) is 37.3 Å². The van der Waals surface area contributed by atoms with Crippen molar-refractivity contribution in [3.05, 3.63) is 50.6 Å². The molecule has 128 valence electrons. The zero-order chi connectivity index (χ0) is 16.7. The largest absolute Gasteiger partial charge is 0.492 e. The number of rotatable bonds is 4. The molecule has 2 aromatic rings. The Bertz CT molecular complexity index is 705. The highest BCUT2D eigenvalue weighted by molar-refractivity contribution is 7.08. The van der Waals surface area contributed by atoms with E-state index in [1.54, 1.807) is 17.4 Å². The molecule has 2 aliphatic heterocycles. The molecule has 0 aliphatic carbocycles. The number of thiophene rings is 1. The molecule has 4 unspecified atom stereocenters. The van der Waals surface area contributed by atoms with Gasteiger partial charge in [0.15, 0.2) is 0 Å². The van der Waals surface area contributed by atoms with E-state index in [1.165, 1.54) is 24.8 Å². The fourth-order valence-electron chi connectivity index (χ4n) is 4.46. The Morgan fingerprint density at radius 2 is 2.12 bits per heavy atom. The Hall–Kier alpha value is -0.740. The summed E-state index contributed by atoms with van der Waals surface area (Å²) in [4.78, 5) is 2.57. The van der Waals surface area contributed by atoms with E-state index in [0.717, 1.165) is 0 Å². The molecule has 2 fully saturated rings. The fourth-order valence-corrected chi connectivity index (χ4v) is 5.53. The van der Waals surface area contributed by atoms with Crippen molar-refractivity contribution >= 4 is 34.5 Å². The van der Waals surface area contributed by atoms with Crippen molar-refractivity contribution in [2.24, 2.45) is 5.92 Å². The summed E-state index contributed by atoms with van der Waals surface area (Å²) in [5, 5.41) is 5.54. The second-order valence-electron chi connectivity index (χ2n) is 6.89. The quantitative estimate of drug-likeness (QED) is 0.673. The minimum atomic E-state index is 0.485. The second-order valence-corrected chi connectivity index (χ2v) is 8.45. The number of nitrogens with zero attached hydrogens (tertiary/aromatic N) is 1. The number of ether oxygens (including phenoxy) is 1. The van der Waals surface area contributed by atoms with E-state index in [2.05, 4.69) is 28.8 Å². The standard InChI is InChI=1S/C19H21Cl2NOS/c1-22-13-5-6-17(22)15(14(9-13)12-7-8-24-11-12)10-23-18-4-2-3-16(20)19(18)21/h2-4,7-8,11,13-15,17H,5-6,9-10H2,1H3. The van der Waals surface area contributed by atoms with Crippen LogP contribution in [0.1, 0.15) is 30.7 Å². The lowest BCUT2D eigenvalue weighted by atomic mass is 9.77. The average molecular weight is 382 g/mol. The van der Waals surface area contributed by atoms with Crippen LogP contribution in [0.4, 0.5) is 0 Å². The molecular weight excluding hydrogens is 361 g/mol.